The number of halogens is 1. The molecular formula is C21H21ClN4O4. The number of nitrogens with one attached hydrogen (secondary N) is 2. The number of carboxylic acids is 1. The van der Waals surface area contributed by atoms with Crippen LogP contribution in [0.1, 0.15) is 24.1 Å². The van der Waals surface area contributed by atoms with Crippen LogP contribution in [0.25, 0.3) is 0 Å². The highest BCUT2D eigenvalue weighted by atomic mass is 35.5. The summed E-state index contributed by atoms with van der Waals surface area (Å²) in [5, 5.41) is 15.2. The third kappa shape index (κ3) is 4.96. The van der Waals surface area contributed by atoms with Crippen LogP contribution in [0, 0.1) is 0 Å². The molecule has 0 spiro atoms. The van der Waals surface area contributed by atoms with Crippen molar-refractivity contribution in [3.05, 3.63) is 76.2 Å². The highest BCUT2D eigenvalue weighted by Crippen LogP contribution is 2.34. The van der Waals surface area contributed by atoms with Crippen molar-refractivity contribution in [2.75, 3.05) is 13.1 Å². The Morgan fingerprint density at radius 1 is 1.27 bits per heavy atom. The predicted octanol–water partition coefficient (Wildman–Crippen LogP) is 2.52. The third-order valence-electron chi connectivity index (χ3n) is 4.71. The molecule has 0 saturated carbocycles. The zero-order valence-electron chi connectivity index (χ0n) is 16.3. The molecule has 1 aromatic carbocycles. The number of carbonyl (C=O) groups excluding carboxylic acids is 2. The maximum Gasteiger partial charge on any atom is 0.323 e. The highest BCUT2D eigenvalue weighted by Gasteiger charge is 2.38. The van der Waals surface area contributed by atoms with Gasteiger partial charge in [0.25, 0.3) is 5.91 Å². The van der Waals surface area contributed by atoms with E-state index in [1.54, 1.807) is 43.6 Å². The molecule has 3 amide bonds. The second-order valence-electron chi connectivity index (χ2n) is 6.81. The third-order valence-corrected chi connectivity index (χ3v) is 4.94. The molecule has 8 nitrogen and oxygen atoms in total. The summed E-state index contributed by atoms with van der Waals surface area (Å²) in [4.78, 5) is 42.0. The summed E-state index contributed by atoms with van der Waals surface area (Å²) in [6, 6.07) is 8.95. The molecule has 0 bridgehead atoms. The summed E-state index contributed by atoms with van der Waals surface area (Å²) in [6.45, 7) is 1.42. The number of aromatic nitrogens is 1. The van der Waals surface area contributed by atoms with E-state index in [4.69, 9.17) is 11.6 Å². The number of urea groups is 1. The van der Waals surface area contributed by atoms with Crippen LogP contribution in [0.3, 0.4) is 0 Å². The molecule has 2 aromatic rings. The van der Waals surface area contributed by atoms with Crippen molar-refractivity contribution < 1.29 is 19.5 Å². The van der Waals surface area contributed by atoms with Crippen LogP contribution in [0.4, 0.5) is 4.79 Å². The van der Waals surface area contributed by atoms with Crippen molar-refractivity contribution in [1.82, 2.24) is 20.5 Å². The average Bonchev–Trinajstić information content (AvgIpc) is 2.70. The van der Waals surface area contributed by atoms with Gasteiger partial charge in [-0.2, -0.15) is 0 Å². The second kappa shape index (κ2) is 9.41. The van der Waals surface area contributed by atoms with Crippen molar-refractivity contribution in [2.45, 2.75) is 19.4 Å². The van der Waals surface area contributed by atoms with E-state index < -0.39 is 24.6 Å². The molecule has 0 fully saturated rings. The van der Waals surface area contributed by atoms with Crippen molar-refractivity contribution in [1.29, 1.82) is 0 Å². The van der Waals surface area contributed by atoms with Crippen molar-refractivity contribution in [3.8, 4) is 0 Å². The molecule has 0 radical (unpaired) electrons. The maximum absolute atomic E-state index is 13.1. The number of aliphatic carboxylic acids is 1. The Kier molecular flexibility index (Phi) is 6.68. The molecule has 2 heterocycles. The van der Waals surface area contributed by atoms with Crippen LogP contribution in [-0.2, 0) is 16.0 Å². The Hall–Kier alpha value is -3.39. The van der Waals surface area contributed by atoms with Gasteiger partial charge in [-0.25, -0.2) is 4.79 Å². The molecule has 1 aromatic heterocycles. The van der Waals surface area contributed by atoms with E-state index in [0.717, 1.165) is 10.5 Å². The molecule has 156 valence electrons. The molecule has 1 unspecified atom stereocenters. The lowest BCUT2D eigenvalue weighted by atomic mass is 9.93. The number of rotatable bonds is 7. The molecule has 0 saturated heterocycles. The largest absolute Gasteiger partial charge is 0.480 e. The number of allylic oxidation sites excluding steroid dienone is 1. The number of carbonyl (C=O) groups is 3. The number of amides is 3. The smallest absolute Gasteiger partial charge is 0.323 e. The molecular weight excluding hydrogens is 408 g/mol. The van der Waals surface area contributed by atoms with Crippen LogP contribution in [0.5, 0.6) is 0 Å². The monoisotopic (exact) mass is 428 g/mol. The first-order chi connectivity index (χ1) is 14.4. The Balaban J connectivity index is 1.89. The number of pyridine rings is 1. The van der Waals surface area contributed by atoms with Gasteiger partial charge in [0, 0.05) is 29.7 Å². The first-order valence-electron chi connectivity index (χ1n) is 9.29. The predicted molar refractivity (Wildman–Crippen MR) is 111 cm³/mol. The van der Waals surface area contributed by atoms with Crippen LogP contribution < -0.4 is 10.6 Å². The normalized spacial score (nSPS) is 16.3. The van der Waals surface area contributed by atoms with E-state index in [9.17, 15) is 19.5 Å². The van der Waals surface area contributed by atoms with Gasteiger partial charge in [-0.15, -0.1) is 0 Å². The molecule has 1 atom stereocenters. The van der Waals surface area contributed by atoms with Gasteiger partial charge < -0.3 is 20.6 Å². The van der Waals surface area contributed by atoms with E-state index in [0.29, 0.717) is 29.2 Å². The van der Waals surface area contributed by atoms with Gasteiger partial charge in [0.1, 0.15) is 6.54 Å². The minimum atomic E-state index is -1.19. The molecule has 9 heteroatoms. The van der Waals surface area contributed by atoms with Crippen LogP contribution in [0.2, 0.25) is 5.02 Å². The summed E-state index contributed by atoms with van der Waals surface area (Å²) in [5.74, 6) is -1.57. The Morgan fingerprint density at radius 3 is 2.67 bits per heavy atom. The van der Waals surface area contributed by atoms with E-state index in [1.807, 2.05) is 12.1 Å². The molecule has 30 heavy (non-hydrogen) atoms. The molecule has 3 N–H and O–H groups in total. The SMILES string of the molecule is CC1=C(C(=O)NCCc2ccncc2)C(c2cccc(Cl)c2)N(CC(=O)O)C(=O)N1. The van der Waals surface area contributed by atoms with Crippen molar-refractivity contribution in [2.24, 2.45) is 0 Å². The summed E-state index contributed by atoms with van der Waals surface area (Å²) in [5.41, 5.74) is 2.21. The first kappa shape index (κ1) is 21.3. The fourth-order valence-electron chi connectivity index (χ4n) is 3.37. The number of benzene rings is 1. The van der Waals surface area contributed by atoms with E-state index in [1.165, 1.54) is 0 Å². The van der Waals surface area contributed by atoms with Crippen LogP contribution in [0.15, 0.2) is 60.1 Å². The summed E-state index contributed by atoms with van der Waals surface area (Å²) >= 11 is 6.11. The van der Waals surface area contributed by atoms with Crippen LogP contribution in [-0.4, -0.2) is 46.0 Å². The van der Waals surface area contributed by atoms with Crippen molar-refractivity contribution in [3.63, 3.8) is 0 Å². The number of hydrogen-bond acceptors (Lipinski definition) is 4. The van der Waals surface area contributed by atoms with Gasteiger partial charge in [-0.3, -0.25) is 14.6 Å². The fraction of sp³-hybridized carbons (Fsp3) is 0.238. The van der Waals surface area contributed by atoms with E-state index in [-0.39, 0.29) is 11.5 Å². The first-order valence-corrected chi connectivity index (χ1v) is 9.67. The number of hydrogen-bond donors (Lipinski definition) is 3. The lowest BCUT2D eigenvalue weighted by Gasteiger charge is -2.37. The topological polar surface area (TPSA) is 112 Å². The Morgan fingerprint density at radius 2 is 2.00 bits per heavy atom. The second-order valence-corrected chi connectivity index (χ2v) is 7.25. The number of nitrogens with zero attached hydrogens (tertiary/aromatic N) is 2. The quantitative estimate of drug-likeness (QED) is 0.627. The zero-order valence-corrected chi connectivity index (χ0v) is 17.0. The minimum Gasteiger partial charge on any atom is -0.480 e. The number of carboxylic acid groups (broad SMARTS) is 1. The lowest BCUT2D eigenvalue weighted by molar-refractivity contribution is -0.138. The van der Waals surface area contributed by atoms with Gasteiger partial charge in [-0.1, -0.05) is 23.7 Å². The van der Waals surface area contributed by atoms with Gasteiger partial charge in [-0.05, 0) is 48.7 Å². The summed E-state index contributed by atoms with van der Waals surface area (Å²) in [7, 11) is 0. The van der Waals surface area contributed by atoms with Crippen molar-refractivity contribution >= 4 is 29.5 Å². The van der Waals surface area contributed by atoms with Gasteiger partial charge >= 0.3 is 12.0 Å². The highest BCUT2D eigenvalue weighted by molar-refractivity contribution is 6.30. The van der Waals surface area contributed by atoms with E-state index >= 15 is 0 Å². The lowest BCUT2D eigenvalue weighted by Crippen LogP contribution is -2.51. The van der Waals surface area contributed by atoms with Crippen LogP contribution >= 0.6 is 11.6 Å². The Bertz CT molecular complexity index is 994. The standard InChI is InChI=1S/C21H21ClN4O4/c1-13-18(20(29)24-10-7-14-5-8-23-9-6-14)19(15-3-2-4-16(22)11-15)26(12-17(27)28)21(30)25-13/h2-6,8-9,11,19H,7,10,12H2,1H3,(H,24,29)(H,25,30)(H,27,28). The summed E-state index contributed by atoms with van der Waals surface area (Å²) in [6.07, 6.45) is 3.96. The fourth-order valence-corrected chi connectivity index (χ4v) is 3.57. The molecule has 1 aliphatic rings. The zero-order chi connectivity index (χ0) is 21.7. The van der Waals surface area contributed by atoms with Gasteiger partial charge in [0.05, 0.1) is 11.6 Å². The Labute approximate surface area is 178 Å². The maximum atomic E-state index is 13.1. The average molecular weight is 429 g/mol. The summed E-state index contributed by atoms with van der Waals surface area (Å²) < 4.78 is 0. The molecule has 1 aliphatic heterocycles. The van der Waals surface area contributed by atoms with Gasteiger partial charge in [0.15, 0.2) is 0 Å². The molecule has 3 rings (SSSR count). The van der Waals surface area contributed by atoms with Gasteiger partial charge in [0.2, 0.25) is 0 Å². The minimum absolute atomic E-state index is 0.271. The molecule has 0 aliphatic carbocycles. The van der Waals surface area contributed by atoms with E-state index in [2.05, 4.69) is 15.6 Å².